The van der Waals surface area contributed by atoms with Gasteiger partial charge in [0.15, 0.2) is 0 Å². The SMILES string of the molecule is CC(C)(C)[Si](F)(COCOCC(=O)O)C(C)(C)C. The van der Waals surface area contributed by atoms with Gasteiger partial charge >= 0.3 is 5.97 Å². The van der Waals surface area contributed by atoms with Crippen molar-refractivity contribution in [2.75, 3.05) is 19.6 Å². The minimum absolute atomic E-state index is 0.0135. The molecular formula is C12H25FO4Si. The van der Waals surface area contributed by atoms with Gasteiger partial charge in [0, 0.05) is 0 Å². The number of halogens is 1. The predicted octanol–water partition coefficient (Wildman–Crippen LogP) is 3.12. The second-order valence-corrected chi connectivity index (χ2v) is 11.4. The second-order valence-electron chi connectivity index (χ2n) is 6.51. The zero-order valence-electron chi connectivity index (χ0n) is 12.2. The van der Waals surface area contributed by atoms with E-state index in [0.717, 1.165) is 0 Å². The molecule has 6 heteroatoms. The van der Waals surface area contributed by atoms with Crippen LogP contribution in [0.4, 0.5) is 4.11 Å². The summed E-state index contributed by atoms with van der Waals surface area (Å²) in [6, 6.07) is 0. The number of ether oxygens (including phenoxy) is 2. The molecule has 0 saturated carbocycles. The van der Waals surface area contributed by atoms with E-state index in [0.29, 0.717) is 0 Å². The highest BCUT2D eigenvalue weighted by molar-refractivity contribution is 6.78. The van der Waals surface area contributed by atoms with Crippen molar-refractivity contribution in [3.63, 3.8) is 0 Å². The third-order valence-electron chi connectivity index (χ3n) is 3.07. The number of carbonyl (C=O) groups is 1. The Hall–Kier alpha value is -0.463. The normalized spacial score (nSPS) is 13.7. The van der Waals surface area contributed by atoms with Gasteiger partial charge in [-0.05, 0) is 10.1 Å². The predicted molar refractivity (Wildman–Crippen MR) is 70.7 cm³/mol. The van der Waals surface area contributed by atoms with E-state index in [1.807, 2.05) is 41.5 Å². The maximum atomic E-state index is 15.2. The molecule has 0 fully saturated rings. The lowest BCUT2D eigenvalue weighted by atomic mass is 10.2. The Kier molecular flexibility index (Phi) is 5.96. The lowest BCUT2D eigenvalue weighted by Gasteiger charge is -2.44. The fourth-order valence-corrected chi connectivity index (χ4v) is 5.41. The number of hydrogen-bond donors (Lipinski definition) is 1. The summed E-state index contributed by atoms with van der Waals surface area (Å²) < 4.78 is 25.2. The largest absolute Gasteiger partial charge is 0.480 e. The zero-order chi connectivity index (χ0) is 14.6. The maximum Gasteiger partial charge on any atom is 0.329 e. The molecule has 0 spiro atoms. The third-order valence-corrected chi connectivity index (χ3v) is 8.43. The standard InChI is InChI=1S/C12H25FO4Si/c1-11(2,3)18(13,12(4,5)6)9-17-8-16-7-10(14)15/h7-9H2,1-6H3,(H,14,15). The van der Waals surface area contributed by atoms with E-state index in [1.165, 1.54) is 0 Å². The van der Waals surface area contributed by atoms with Crippen LogP contribution >= 0.6 is 0 Å². The molecule has 0 aromatic carbocycles. The van der Waals surface area contributed by atoms with Gasteiger partial charge in [-0.3, -0.25) is 0 Å². The quantitative estimate of drug-likeness (QED) is 0.351. The van der Waals surface area contributed by atoms with Crippen LogP contribution in [0.25, 0.3) is 0 Å². The van der Waals surface area contributed by atoms with Gasteiger partial charge in [-0.15, -0.1) is 0 Å². The molecule has 0 aromatic rings. The molecule has 0 amide bonds. The number of aliphatic carboxylic acids is 1. The molecule has 0 atom stereocenters. The van der Waals surface area contributed by atoms with Crippen molar-refractivity contribution in [2.45, 2.75) is 51.6 Å². The third kappa shape index (κ3) is 4.66. The molecule has 4 nitrogen and oxygen atoms in total. The molecule has 0 aliphatic carbocycles. The molecule has 0 heterocycles. The summed E-state index contributed by atoms with van der Waals surface area (Å²) in [7, 11) is -3.18. The molecule has 0 bridgehead atoms. The first-order valence-corrected chi connectivity index (χ1v) is 8.06. The lowest BCUT2D eigenvalue weighted by Crippen LogP contribution is -2.52. The van der Waals surface area contributed by atoms with Crippen LogP contribution in [0.1, 0.15) is 41.5 Å². The maximum absolute atomic E-state index is 15.2. The van der Waals surface area contributed by atoms with Crippen molar-refractivity contribution in [1.29, 1.82) is 0 Å². The molecular weight excluding hydrogens is 255 g/mol. The highest BCUT2D eigenvalue weighted by atomic mass is 28.4. The summed E-state index contributed by atoms with van der Waals surface area (Å²) in [5, 5.41) is 7.49. The van der Waals surface area contributed by atoms with Crippen LogP contribution in [0.15, 0.2) is 0 Å². The molecule has 108 valence electrons. The van der Waals surface area contributed by atoms with Crippen molar-refractivity contribution in [1.82, 2.24) is 0 Å². The Balaban J connectivity index is 4.43. The molecule has 0 unspecified atom stereocenters. The summed E-state index contributed by atoms with van der Waals surface area (Å²) in [6.45, 7) is 10.7. The molecule has 0 aromatic heterocycles. The average Bonchev–Trinajstić information content (AvgIpc) is 2.12. The number of hydrogen-bond acceptors (Lipinski definition) is 3. The Morgan fingerprint density at radius 3 is 1.89 bits per heavy atom. The summed E-state index contributed by atoms with van der Waals surface area (Å²) in [5.74, 6) is -1.06. The van der Waals surface area contributed by atoms with E-state index in [4.69, 9.17) is 14.6 Å². The van der Waals surface area contributed by atoms with E-state index in [1.54, 1.807) is 0 Å². The lowest BCUT2D eigenvalue weighted by molar-refractivity contribution is -0.147. The first-order valence-electron chi connectivity index (χ1n) is 5.98. The van der Waals surface area contributed by atoms with E-state index in [-0.39, 0.29) is 13.0 Å². The first-order chi connectivity index (χ1) is 7.92. The number of rotatable bonds is 6. The molecule has 0 saturated heterocycles. The van der Waals surface area contributed by atoms with E-state index in [9.17, 15) is 4.79 Å². The van der Waals surface area contributed by atoms with Gasteiger partial charge in [-0.25, -0.2) is 4.79 Å². The fourth-order valence-electron chi connectivity index (χ4n) is 1.93. The Morgan fingerprint density at radius 2 is 1.56 bits per heavy atom. The summed E-state index contributed by atoms with van der Waals surface area (Å²) in [4.78, 5) is 10.2. The minimum Gasteiger partial charge on any atom is -0.480 e. The molecule has 0 radical (unpaired) electrons. The van der Waals surface area contributed by atoms with Gasteiger partial charge in [0.25, 0.3) is 8.41 Å². The summed E-state index contributed by atoms with van der Waals surface area (Å²) in [5.41, 5.74) is 0. The first kappa shape index (κ1) is 17.5. The van der Waals surface area contributed by atoms with Crippen LogP contribution in [0.3, 0.4) is 0 Å². The second kappa shape index (κ2) is 6.12. The molecule has 1 N–H and O–H groups in total. The van der Waals surface area contributed by atoms with Crippen LogP contribution in [0.5, 0.6) is 0 Å². The van der Waals surface area contributed by atoms with E-state index >= 15 is 4.11 Å². The Labute approximate surface area is 110 Å². The summed E-state index contributed by atoms with van der Waals surface area (Å²) >= 11 is 0. The Bertz CT molecular complexity index is 267. The average molecular weight is 280 g/mol. The summed E-state index contributed by atoms with van der Waals surface area (Å²) in [6.07, 6.45) is 0.0135. The van der Waals surface area contributed by atoms with Crippen molar-refractivity contribution in [3.8, 4) is 0 Å². The fraction of sp³-hybridized carbons (Fsp3) is 0.917. The minimum atomic E-state index is -3.18. The highest BCUT2D eigenvalue weighted by Gasteiger charge is 2.55. The van der Waals surface area contributed by atoms with Gasteiger partial charge in [0.05, 0.1) is 6.23 Å². The topological polar surface area (TPSA) is 55.8 Å². The number of carboxylic acids is 1. The van der Waals surface area contributed by atoms with Crippen molar-refractivity contribution in [2.24, 2.45) is 0 Å². The number of carboxylic acid groups (broad SMARTS) is 1. The van der Waals surface area contributed by atoms with Gasteiger partial charge in [0.2, 0.25) is 0 Å². The van der Waals surface area contributed by atoms with Crippen LogP contribution in [-0.4, -0.2) is 39.1 Å². The van der Waals surface area contributed by atoms with Crippen LogP contribution in [0, 0.1) is 0 Å². The van der Waals surface area contributed by atoms with Crippen LogP contribution < -0.4 is 0 Å². The van der Waals surface area contributed by atoms with Crippen molar-refractivity contribution < 1.29 is 23.5 Å². The smallest absolute Gasteiger partial charge is 0.329 e. The van der Waals surface area contributed by atoms with Gasteiger partial charge in [0.1, 0.15) is 13.4 Å². The van der Waals surface area contributed by atoms with E-state index < -0.39 is 31.1 Å². The van der Waals surface area contributed by atoms with Crippen molar-refractivity contribution in [3.05, 3.63) is 0 Å². The Morgan fingerprint density at radius 1 is 1.11 bits per heavy atom. The van der Waals surface area contributed by atoms with E-state index in [2.05, 4.69) is 0 Å². The van der Waals surface area contributed by atoms with Crippen LogP contribution in [-0.2, 0) is 14.3 Å². The molecule has 18 heavy (non-hydrogen) atoms. The van der Waals surface area contributed by atoms with Crippen LogP contribution in [0.2, 0.25) is 10.1 Å². The monoisotopic (exact) mass is 280 g/mol. The molecule has 0 rings (SSSR count). The van der Waals surface area contributed by atoms with Crippen molar-refractivity contribution >= 4 is 14.4 Å². The molecule has 0 aliphatic heterocycles. The van der Waals surface area contributed by atoms with Gasteiger partial charge in [-0.1, -0.05) is 41.5 Å². The zero-order valence-corrected chi connectivity index (χ0v) is 13.2. The van der Waals surface area contributed by atoms with Gasteiger partial charge in [-0.2, -0.15) is 0 Å². The molecule has 0 aliphatic rings. The highest BCUT2D eigenvalue weighted by Crippen LogP contribution is 2.51. The van der Waals surface area contributed by atoms with Gasteiger partial charge < -0.3 is 18.7 Å².